The molecule has 0 bridgehead atoms. The molecule has 2 atom stereocenters. The van der Waals surface area contributed by atoms with Crippen LogP contribution in [0.2, 0.25) is 0 Å². The van der Waals surface area contributed by atoms with E-state index in [0.717, 1.165) is 54.1 Å². The van der Waals surface area contributed by atoms with Gasteiger partial charge in [0, 0.05) is 60.8 Å². The number of fused-ring (bicyclic) bond motifs is 2. The molecule has 0 spiro atoms. The Kier molecular flexibility index (Phi) is 7.19. The van der Waals surface area contributed by atoms with Gasteiger partial charge in [-0.05, 0) is 89.6 Å². The van der Waals surface area contributed by atoms with E-state index in [9.17, 15) is 19.8 Å². The maximum atomic E-state index is 13.1. The standard InChI is InChI=1S/C27H35BrN4O4/c28-20-12-19-2-1-18-13-21(33)14-22(34)24(18)25(26(19)30-15-20)17-5-9-31(10-6-17)23(35)11-16-3-7-32(8-4-16)27(29)36/h12-17,25-26,30,33-34H,1-11H2,(H2,29,36). The molecule has 5 N–H and O–H groups in total. The van der Waals surface area contributed by atoms with Gasteiger partial charge < -0.3 is 31.1 Å². The lowest BCUT2D eigenvalue weighted by atomic mass is 9.73. The van der Waals surface area contributed by atoms with Crippen molar-refractivity contribution in [3.05, 3.63) is 45.6 Å². The van der Waals surface area contributed by atoms with E-state index >= 15 is 0 Å². The number of hydrogen-bond acceptors (Lipinski definition) is 5. The predicted molar refractivity (Wildman–Crippen MR) is 141 cm³/mol. The van der Waals surface area contributed by atoms with Crippen LogP contribution >= 0.6 is 15.9 Å². The number of carbonyl (C=O) groups excluding carboxylic acids is 2. The van der Waals surface area contributed by atoms with Crippen LogP contribution in [0.1, 0.15) is 55.6 Å². The number of hydrogen-bond donors (Lipinski definition) is 4. The topological polar surface area (TPSA) is 119 Å². The van der Waals surface area contributed by atoms with E-state index < -0.39 is 0 Å². The molecule has 4 aliphatic rings. The number of amides is 3. The Morgan fingerprint density at radius 2 is 1.72 bits per heavy atom. The summed E-state index contributed by atoms with van der Waals surface area (Å²) in [5.41, 5.74) is 8.62. The van der Waals surface area contributed by atoms with Crippen molar-refractivity contribution in [1.29, 1.82) is 0 Å². The monoisotopic (exact) mass is 558 g/mol. The average molecular weight is 560 g/mol. The summed E-state index contributed by atoms with van der Waals surface area (Å²) < 4.78 is 1.01. The zero-order valence-corrected chi connectivity index (χ0v) is 22.0. The van der Waals surface area contributed by atoms with Gasteiger partial charge in [-0.3, -0.25) is 4.79 Å². The number of halogens is 1. The fourth-order valence-corrected chi connectivity index (χ4v) is 7.04. The molecule has 3 amide bonds. The first-order valence-corrected chi connectivity index (χ1v) is 13.8. The minimum absolute atomic E-state index is 0.0570. The van der Waals surface area contributed by atoms with Crippen LogP contribution in [0.5, 0.6) is 11.5 Å². The van der Waals surface area contributed by atoms with Gasteiger partial charge in [0.1, 0.15) is 11.5 Å². The number of nitrogens with one attached hydrogen (secondary N) is 1. The molecule has 0 radical (unpaired) electrons. The highest BCUT2D eigenvalue weighted by atomic mass is 79.9. The quantitative estimate of drug-likeness (QED) is 0.451. The van der Waals surface area contributed by atoms with Crippen molar-refractivity contribution in [1.82, 2.24) is 15.1 Å². The molecule has 0 saturated carbocycles. The molecule has 5 rings (SSSR count). The van der Waals surface area contributed by atoms with E-state index in [4.69, 9.17) is 5.73 Å². The average Bonchev–Trinajstić information content (AvgIpc) is 3.01. The first-order chi connectivity index (χ1) is 17.3. The second kappa shape index (κ2) is 10.4. The zero-order chi connectivity index (χ0) is 25.4. The summed E-state index contributed by atoms with van der Waals surface area (Å²) in [5.74, 6) is 1.11. The van der Waals surface area contributed by atoms with Crippen LogP contribution < -0.4 is 11.1 Å². The molecule has 2 fully saturated rings. The number of urea groups is 1. The van der Waals surface area contributed by atoms with Gasteiger partial charge in [-0.25, -0.2) is 4.79 Å². The highest BCUT2D eigenvalue weighted by Crippen LogP contribution is 2.47. The second-order valence-corrected chi connectivity index (χ2v) is 11.6. The minimum atomic E-state index is -0.378. The SMILES string of the molecule is NC(=O)N1CCC(CC(=O)N2CCC(C3c4c(O)cc(O)cc4CCC4=CC(Br)=CNC43)CC2)CC1. The normalized spacial score (nSPS) is 25.1. The summed E-state index contributed by atoms with van der Waals surface area (Å²) in [5, 5.41) is 24.7. The molecule has 0 aromatic heterocycles. The molecule has 2 saturated heterocycles. The molecule has 8 nitrogen and oxygen atoms in total. The summed E-state index contributed by atoms with van der Waals surface area (Å²) in [7, 11) is 0. The molecule has 9 heteroatoms. The van der Waals surface area contributed by atoms with Crippen LogP contribution in [0.15, 0.2) is 34.5 Å². The highest BCUT2D eigenvalue weighted by Gasteiger charge is 2.40. The van der Waals surface area contributed by atoms with Gasteiger partial charge in [0.2, 0.25) is 5.91 Å². The number of aryl methyl sites for hydroxylation is 1. The van der Waals surface area contributed by atoms with Gasteiger partial charge in [-0.15, -0.1) is 0 Å². The van der Waals surface area contributed by atoms with Crippen molar-refractivity contribution in [3.63, 3.8) is 0 Å². The van der Waals surface area contributed by atoms with Crippen molar-refractivity contribution < 1.29 is 19.8 Å². The van der Waals surface area contributed by atoms with Crippen molar-refractivity contribution in [2.75, 3.05) is 26.2 Å². The predicted octanol–water partition coefficient (Wildman–Crippen LogP) is 3.68. The van der Waals surface area contributed by atoms with Crippen molar-refractivity contribution in [2.24, 2.45) is 17.6 Å². The number of phenolic OH excluding ortho intramolecular Hbond substituents is 2. The third-order valence-corrected chi connectivity index (χ3v) is 8.98. The Morgan fingerprint density at radius 3 is 2.42 bits per heavy atom. The van der Waals surface area contributed by atoms with Crippen LogP contribution in [0.4, 0.5) is 4.79 Å². The molecule has 1 aliphatic carbocycles. The number of dihydropyridines is 1. The first kappa shape index (κ1) is 25.0. The van der Waals surface area contributed by atoms with E-state index in [1.807, 2.05) is 11.1 Å². The smallest absolute Gasteiger partial charge is 0.314 e. The van der Waals surface area contributed by atoms with Crippen LogP contribution in [0.25, 0.3) is 0 Å². The first-order valence-electron chi connectivity index (χ1n) is 13.0. The fourth-order valence-electron chi connectivity index (χ4n) is 6.61. The Bertz CT molecular complexity index is 1090. The largest absolute Gasteiger partial charge is 0.508 e. The van der Waals surface area contributed by atoms with Gasteiger partial charge in [-0.2, -0.15) is 0 Å². The van der Waals surface area contributed by atoms with Gasteiger partial charge >= 0.3 is 6.03 Å². The zero-order valence-electron chi connectivity index (χ0n) is 20.5. The van der Waals surface area contributed by atoms with Crippen LogP contribution in [-0.4, -0.2) is 64.2 Å². The van der Waals surface area contributed by atoms with Gasteiger partial charge in [0.15, 0.2) is 0 Å². The Hall–Kier alpha value is -2.68. The number of carbonyl (C=O) groups is 2. The van der Waals surface area contributed by atoms with Crippen molar-refractivity contribution >= 4 is 27.9 Å². The maximum Gasteiger partial charge on any atom is 0.314 e. The number of allylic oxidation sites excluding steroid dienone is 2. The summed E-state index contributed by atoms with van der Waals surface area (Å²) >= 11 is 3.59. The molecule has 2 unspecified atom stereocenters. The van der Waals surface area contributed by atoms with E-state index in [1.165, 1.54) is 11.6 Å². The van der Waals surface area contributed by atoms with E-state index in [0.29, 0.717) is 44.4 Å². The van der Waals surface area contributed by atoms with Crippen LogP contribution in [0.3, 0.4) is 0 Å². The number of piperidine rings is 2. The summed E-state index contributed by atoms with van der Waals surface area (Å²) in [6.45, 7) is 2.67. The van der Waals surface area contributed by atoms with Gasteiger partial charge in [-0.1, -0.05) is 0 Å². The van der Waals surface area contributed by atoms with Crippen LogP contribution in [0, 0.1) is 11.8 Å². The lowest BCUT2D eigenvalue weighted by Gasteiger charge is -2.41. The third kappa shape index (κ3) is 5.08. The maximum absolute atomic E-state index is 13.1. The lowest BCUT2D eigenvalue weighted by molar-refractivity contribution is -0.134. The molecule has 3 heterocycles. The number of likely N-dealkylation sites (tertiary alicyclic amines) is 2. The van der Waals surface area contributed by atoms with Gasteiger partial charge in [0.25, 0.3) is 0 Å². The Labute approximate surface area is 220 Å². The second-order valence-electron chi connectivity index (χ2n) is 10.6. The molecule has 194 valence electrons. The molecular formula is C27H35BrN4O4. The third-order valence-electron chi connectivity index (χ3n) is 8.52. The molecule has 1 aromatic carbocycles. The van der Waals surface area contributed by atoms with E-state index in [-0.39, 0.29) is 35.4 Å². The van der Waals surface area contributed by atoms with E-state index in [1.54, 1.807) is 11.0 Å². The Morgan fingerprint density at radius 1 is 1.03 bits per heavy atom. The highest BCUT2D eigenvalue weighted by molar-refractivity contribution is 9.11. The van der Waals surface area contributed by atoms with Crippen molar-refractivity contribution in [2.45, 2.75) is 56.9 Å². The van der Waals surface area contributed by atoms with Crippen molar-refractivity contribution in [3.8, 4) is 11.5 Å². The number of aromatic hydroxyl groups is 2. The number of primary amides is 1. The number of nitrogens with zero attached hydrogens (tertiary/aromatic N) is 2. The number of nitrogens with two attached hydrogens (primary N) is 1. The number of phenols is 2. The summed E-state index contributed by atoms with van der Waals surface area (Å²) in [6, 6.07) is 2.95. The molecule has 36 heavy (non-hydrogen) atoms. The molecular weight excluding hydrogens is 524 g/mol. The summed E-state index contributed by atoms with van der Waals surface area (Å²) in [4.78, 5) is 28.1. The molecule has 3 aliphatic heterocycles. The van der Waals surface area contributed by atoms with Gasteiger partial charge in [0.05, 0.1) is 6.04 Å². The summed E-state index contributed by atoms with van der Waals surface area (Å²) in [6.07, 6.45) is 9.69. The number of benzene rings is 1. The minimum Gasteiger partial charge on any atom is -0.508 e. The fraction of sp³-hybridized carbons (Fsp3) is 0.556. The van der Waals surface area contributed by atoms with E-state index in [2.05, 4.69) is 27.3 Å². The molecule has 1 aromatic rings. The lowest BCUT2D eigenvalue weighted by Crippen LogP contribution is -2.45. The Balaban J connectivity index is 1.28. The number of rotatable bonds is 3. The van der Waals surface area contributed by atoms with Crippen LogP contribution in [-0.2, 0) is 11.2 Å².